The Labute approximate surface area is 135 Å². The minimum absolute atomic E-state index is 0.524. The Morgan fingerprint density at radius 1 is 1.13 bits per heavy atom. The fourth-order valence-corrected chi connectivity index (χ4v) is 2.35. The molecule has 3 N–H and O–H groups in total. The molecule has 0 saturated carbocycles. The van der Waals surface area contributed by atoms with Crippen LogP contribution in [0.25, 0.3) is 0 Å². The van der Waals surface area contributed by atoms with Crippen LogP contribution in [-0.4, -0.2) is 17.0 Å². The van der Waals surface area contributed by atoms with E-state index >= 15 is 0 Å². The monoisotopic (exact) mass is 309 g/mol. The summed E-state index contributed by atoms with van der Waals surface area (Å²) in [5, 5.41) is 3.18. The average molecular weight is 309 g/mol. The molecule has 0 aliphatic rings. The number of hydrogen-bond acceptors (Lipinski definition) is 6. The van der Waals surface area contributed by atoms with Crippen molar-refractivity contribution in [2.75, 3.05) is 23.0 Å². The van der Waals surface area contributed by atoms with Crippen molar-refractivity contribution in [2.45, 2.75) is 13.1 Å². The molecule has 118 valence electrons. The van der Waals surface area contributed by atoms with E-state index in [4.69, 9.17) is 10.2 Å². The topological polar surface area (TPSA) is 80.2 Å². The summed E-state index contributed by atoms with van der Waals surface area (Å²) in [6.45, 7) is 1.25. The first-order valence-corrected chi connectivity index (χ1v) is 7.36. The predicted octanol–water partition coefficient (Wildman–Crippen LogP) is 2.90. The van der Waals surface area contributed by atoms with Crippen molar-refractivity contribution in [2.24, 2.45) is 0 Å². The quantitative estimate of drug-likeness (QED) is 0.729. The highest BCUT2D eigenvalue weighted by Gasteiger charge is 2.12. The van der Waals surface area contributed by atoms with Crippen molar-refractivity contribution in [1.82, 2.24) is 9.97 Å². The van der Waals surface area contributed by atoms with Crippen molar-refractivity contribution in [3.8, 4) is 0 Å². The summed E-state index contributed by atoms with van der Waals surface area (Å²) >= 11 is 0. The highest BCUT2D eigenvalue weighted by Crippen LogP contribution is 2.26. The Bertz CT molecular complexity index is 743. The van der Waals surface area contributed by atoms with Crippen LogP contribution in [0, 0.1) is 0 Å². The molecule has 0 aliphatic heterocycles. The molecule has 0 radical (unpaired) electrons. The zero-order valence-corrected chi connectivity index (χ0v) is 12.9. The fraction of sp³-hybridized carbons (Fsp3) is 0.176. The van der Waals surface area contributed by atoms with E-state index in [1.54, 1.807) is 6.26 Å². The Hall–Kier alpha value is -3.02. The molecule has 0 unspecified atom stereocenters. The normalized spacial score (nSPS) is 10.5. The lowest BCUT2D eigenvalue weighted by molar-refractivity contribution is 0.518. The summed E-state index contributed by atoms with van der Waals surface area (Å²) in [5.41, 5.74) is 7.94. The number of nitrogens with two attached hydrogens (primary N) is 1. The van der Waals surface area contributed by atoms with Crippen LogP contribution in [0.15, 0.2) is 59.5 Å². The van der Waals surface area contributed by atoms with Gasteiger partial charge in [0.05, 0.1) is 12.8 Å². The van der Waals surface area contributed by atoms with E-state index in [-0.39, 0.29) is 0 Å². The van der Waals surface area contributed by atoms with Gasteiger partial charge in [-0.2, -0.15) is 0 Å². The molecule has 3 aromatic rings. The third kappa shape index (κ3) is 3.60. The van der Waals surface area contributed by atoms with E-state index in [0.29, 0.717) is 23.9 Å². The van der Waals surface area contributed by atoms with Crippen LogP contribution < -0.4 is 16.0 Å². The summed E-state index contributed by atoms with van der Waals surface area (Å²) in [7, 11) is 1.96. The molecule has 3 rings (SSSR count). The van der Waals surface area contributed by atoms with Gasteiger partial charge < -0.3 is 20.4 Å². The minimum Gasteiger partial charge on any atom is -0.467 e. The van der Waals surface area contributed by atoms with E-state index in [0.717, 1.165) is 12.3 Å². The summed E-state index contributed by atoms with van der Waals surface area (Å²) in [4.78, 5) is 10.5. The first-order valence-electron chi connectivity index (χ1n) is 7.36. The molecule has 6 nitrogen and oxygen atoms in total. The molecule has 0 atom stereocenters. The number of anilines is 3. The second-order valence-corrected chi connectivity index (χ2v) is 5.23. The molecule has 2 heterocycles. The molecule has 0 amide bonds. The molecule has 0 aliphatic carbocycles. The van der Waals surface area contributed by atoms with Gasteiger partial charge in [0.15, 0.2) is 11.6 Å². The second kappa shape index (κ2) is 6.83. The van der Waals surface area contributed by atoms with E-state index in [9.17, 15) is 0 Å². The van der Waals surface area contributed by atoms with Gasteiger partial charge >= 0.3 is 0 Å². The molecule has 0 saturated heterocycles. The molecule has 0 fully saturated rings. The van der Waals surface area contributed by atoms with Crippen LogP contribution in [0.4, 0.5) is 17.3 Å². The highest BCUT2D eigenvalue weighted by atomic mass is 16.3. The number of rotatable bonds is 6. The number of nitrogens with one attached hydrogen (secondary N) is 1. The first kappa shape index (κ1) is 14.9. The standard InChI is InChI=1S/C17H19N5O/c1-22(11-13-6-3-2-4-7-13)17-15(18)16(20-12-21-17)19-10-14-8-5-9-23-14/h2-9,12H,10-11,18H2,1H3,(H,19,20,21). The molecule has 1 aromatic carbocycles. The molecular formula is C17H19N5O. The van der Waals surface area contributed by atoms with E-state index in [2.05, 4.69) is 27.4 Å². The molecule has 2 aromatic heterocycles. The largest absolute Gasteiger partial charge is 0.467 e. The fourth-order valence-electron chi connectivity index (χ4n) is 2.35. The molecule has 0 spiro atoms. The summed E-state index contributed by atoms with van der Waals surface area (Å²) in [6, 6.07) is 13.9. The van der Waals surface area contributed by atoms with Crippen molar-refractivity contribution >= 4 is 17.3 Å². The first-order chi connectivity index (χ1) is 11.2. The Balaban J connectivity index is 1.73. The van der Waals surface area contributed by atoms with Crippen LogP contribution in [0.3, 0.4) is 0 Å². The molecular weight excluding hydrogens is 290 g/mol. The number of benzene rings is 1. The number of nitrogen functional groups attached to an aromatic ring is 1. The highest BCUT2D eigenvalue weighted by molar-refractivity contribution is 5.74. The third-order valence-electron chi connectivity index (χ3n) is 3.50. The van der Waals surface area contributed by atoms with Gasteiger partial charge in [0.25, 0.3) is 0 Å². The number of hydrogen-bond donors (Lipinski definition) is 2. The van der Waals surface area contributed by atoms with Crippen molar-refractivity contribution in [1.29, 1.82) is 0 Å². The van der Waals surface area contributed by atoms with Crippen LogP contribution in [0.5, 0.6) is 0 Å². The van der Waals surface area contributed by atoms with E-state index in [1.807, 2.05) is 42.3 Å². The van der Waals surface area contributed by atoms with Crippen LogP contribution in [0.2, 0.25) is 0 Å². The lowest BCUT2D eigenvalue weighted by atomic mass is 10.2. The SMILES string of the molecule is CN(Cc1ccccc1)c1ncnc(NCc2ccco2)c1N. The van der Waals surface area contributed by atoms with Gasteiger partial charge in [-0.1, -0.05) is 30.3 Å². The Morgan fingerprint density at radius 3 is 2.70 bits per heavy atom. The zero-order chi connectivity index (χ0) is 16.1. The maximum atomic E-state index is 6.22. The molecule has 23 heavy (non-hydrogen) atoms. The van der Waals surface area contributed by atoms with Gasteiger partial charge in [0, 0.05) is 13.6 Å². The summed E-state index contributed by atoms with van der Waals surface area (Å²) in [5.74, 6) is 2.12. The number of furan rings is 1. The van der Waals surface area contributed by atoms with Crippen LogP contribution in [-0.2, 0) is 13.1 Å². The lowest BCUT2D eigenvalue weighted by Gasteiger charge is -2.21. The maximum Gasteiger partial charge on any atom is 0.157 e. The van der Waals surface area contributed by atoms with Gasteiger partial charge in [-0.25, -0.2) is 9.97 Å². The predicted molar refractivity (Wildman–Crippen MR) is 91.0 cm³/mol. The zero-order valence-electron chi connectivity index (χ0n) is 12.9. The van der Waals surface area contributed by atoms with Gasteiger partial charge in [-0.15, -0.1) is 0 Å². The van der Waals surface area contributed by atoms with Crippen LogP contribution in [0.1, 0.15) is 11.3 Å². The number of nitrogens with zero attached hydrogens (tertiary/aromatic N) is 3. The minimum atomic E-state index is 0.524. The average Bonchev–Trinajstić information content (AvgIpc) is 3.08. The maximum absolute atomic E-state index is 6.22. The Morgan fingerprint density at radius 2 is 1.96 bits per heavy atom. The van der Waals surface area contributed by atoms with Gasteiger partial charge in [-0.3, -0.25) is 0 Å². The Kier molecular flexibility index (Phi) is 4.42. The lowest BCUT2D eigenvalue weighted by Crippen LogP contribution is -2.20. The summed E-state index contributed by atoms with van der Waals surface area (Å²) < 4.78 is 5.29. The second-order valence-electron chi connectivity index (χ2n) is 5.23. The summed E-state index contributed by atoms with van der Waals surface area (Å²) in [6.07, 6.45) is 3.15. The number of aromatic nitrogens is 2. The van der Waals surface area contributed by atoms with E-state index in [1.165, 1.54) is 11.9 Å². The smallest absolute Gasteiger partial charge is 0.157 e. The third-order valence-corrected chi connectivity index (χ3v) is 3.50. The van der Waals surface area contributed by atoms with E-state index < -0.39 is 0 Å². The van der Waals surface area contributed by atoms with Gasteiger partial charge in [0.2, 0.25) is 0 Å². The van der Waals surface area contributed by atoms with Gasteiger partial charge in [0.1, 0.15) is 17.8 Å². The van der Waals surface area contributed by atoms with Gasteiger partial charge in [-0.05, 0) is 17.7 Å². The van der Waals surface area contributed by atoms with Crippen LogP contribution >= 0.6 is 0 Å². The van der Waals surface area contributed by atoms with Crippen molar-refractivity contribution in [3.63, 3.8) is 0 Å². The molecule has 0 bridgehead atoms. The van der Waals surface area contributed by atoms with Crippen molar-refractivity contribution in [3.05, 3.63) is 66.4 Å². The molecule has 6 heteroatoms. The van der Waals surface area contributed by atoms with Crippen molar-refractivity contribution < 1.29 is 4.42 Å².